The molecule has 2 unspecified atom stereocenters. The lowest BCUT2D eigenvalue weighted by Gasteiger charge is -2.33. The van der Waals surface area contributed by atoms with Crippen LogP contribution in [0.2, 0.25) is 0 Å². The number of morpholine rings is 1. The average Bonchev–Trinajstić information content (AvgIpc) is 2.68. The second kappa shape index (κ2) is 5.99. The van der Waals surface area contributed by atoms with Crippen LogP contribution in [-0.4, -0.2) is 53.8 Å². The quantitative estimate of drug-likeness (QED) is 0.822. The first-order valence-electron chi connectivity index (χ1n) is 7.24. The number of carbonyl (C=O) groups excluding carboxylic acids is 1. The van der Waals surface area contributed by atoms with Gasteiger partial charge >= 0.3 is 12.0 Å². The van der Waals surface area contributed by atoms with Crippen molar-refractivity contribution in [3.8, 4) is 0 Å². The Hall–Kier alpha value is -1.30. The monoisotopic (exact) mass is 284 g/mol. The van der Waals surface area contributed by atoms with Gasteiger partial charge in [-0.2, -0.15) is 0 Å². The molecule has 2 N–H and O–H groups in total. The average molecular weight is 284 g/mol. The van der Waals surface area contributed by atoms with E-state index in [9.17, 15) is 9.59 Å². The zero-order chi connectivity index (χ0) is 14.8. The van der Waals surface area contributed by atoms with E-state index in [1.54, 1.807) is 4.90 Å². The minimum atomic E-state index is -0.894. The van der Waals surface area contributed by atoms with Gasteiger partial charge in [0.2, 0.25) is 0 Å². The Morgan fingerprint density at radius 3 is 2.80 bits per heavy atom. The number of nitrogens with one attached hydrogen (secondary N) is 1. The number of aliphatic carboxylic acids is 1. The van der Waals surface area contributed by atoms with Crippen LogP contribution < -0.4 is 5.32 Å². The van der Waals surface area contributed by atoms with Crippen molar-refractivity contribution in [1.82, 2.24) is 10.2 Å². The number of hydrogen-bond acceptors (Lipinski definition) is 3. The molecule has 20 heavy (non-hydrogen) atoms. The molecule has 1 saturated heterocycles. The molecule has 0 spiro atoms. The molecule has 114 valence electrons. The summed E-state index contributed by atoms with van der Waals surface area (Å²) in [4.78, 5) is 24.6. The molecule has 2 rings (SSSR count). The molecule has 2 amide bonds. The number of nitrogens with zero attached hydrogens (tertiary/aromatic N) is 1. The van der Waals surface area contributed by atoms with E-state index in [0.717, 1.165) is 19.3 Å². The third-order valence-corrected chi connectivity index (χ3v) is 4.12. The Bertz CT molecular complexity index is 383. The maximum absolute atomic E-state index is 12.2. The highest BCUT2D eigenvalue weighted by atomic mass is 16.5. The summed E-state index contributed by atoms with van der Waals surface area (Å²) < 4.78 is 5.37. The summed E-state index contributed by atoms with van der Waals surface area (Å²) in [7, 11) is 0. The van der Waals surface area contributed by atoms with Crippen molar-refractivity contribution in [3.05, 3.63) is 0 Å². The van der Waals surface area contributed by atoms with Crippen molar-refractivity contribution in [1.29, 1.82) is 0 Å². The van der Waals surface area contributed by atoms with Gasteiger partial charge in [-0.05, 0) is 24.7 Å². The van der Waals surface area contributed by atoms with Crippen LogP contribution in [0.25, 0.3) is 0 Å². The van der Waals surface area contributed by atoms with Gasteiger partial charge in [0.05, 0.1) is 19.1 Å². The van der Waals surface area contributed by atoms with E-state index in [0.29, 0.717) is 25.1 Å². The lowest BCUT2D eigenvalue weighted by molar-refractivity contribution is -0.141. The maximum Gasteiger partial charge on any atom is 0.317 e. The van der Waals surface area contributed by atoms with Gasteiger partial charge < -0.3 is 20.1 Å². The number of carbonyl (C=O) groups is 2. The Labute approximate surface area is 119 Å². The fourth-order valence-corrected chi connectivity index (χ4v) is 3.05. The van der Waals surface area contributed by atoms with Crippen LogP contribution in [0.1, 0.15) is 39.5 Å². The molecular formula is C14H24N2O4. The van der Waals surface area contributed by atoms with Crippen LogP contribution in [0.3, 0.4) is 0 Å². The molecule has 2 fully saturated rings. The van der Waals surface area contributed by atoms with E-state index in [1.165, 1.54) is 0 Å². The van der Waals surface area contributed by atoms with E-state index >= 15 is 0 Å². The lowest BCUT2D eigenvalue weighted by Crippen LogP contribution is -2.51. The predicted molar refractivity (Wildman–Crippen MR) is 73.5 cm³/mol. The molecule has 0 bridgehead atoms. The highest BCUT2D eigenvalue weighted by Crippen LogP contribution is 2.36. The molecule has 1 saturated carbocycles. The summed E-state index contributed by atoms with van der Waals surface area (Å²) in [6.07, 6.45) is 2.69. The molecule has 1 aliphatic carbocycles. The molecular weight excluding hydrogens is 260 g/mol. The number of rotatable bonds is 3. The molecule has 0 aromatic carbocycles. The Balaban J connectivity index is 1.81. The fourth-order valence-electron chi connectivity index (χ4n) is 3.05. The van der Waals surface area contributed by atoms with Crippen LogP contribution in [-0.2, 0) is 9.53 Å². The summed E-state index contributed by atoms with van der Waals surface area (Å²) in [5.74, 6) is -0.894. The smallest absolute Gasteiger partial charge is 0.317 e. The number of carboxylic acids is 1. The van der Waals surface area contributed by atoms with E-state index in [2.05, 4.69) is 19.2 Å². The topological polar surface area (TPSA) is 78.9 Å². The highest BCUT2D eigenvalue weighted by Gasteiger charge is 2.33. The van der Waals surface area contributed by atoms with Crippen molar-refractivity contribution in [2.45, 2.75) is 51.7 Å². The number of hydrogen-bond donors (Lipinski definition) is 2. The van der Waals surface area contributed by atoms with Gasteiger partial charge in [0.1, 0.15) is 0 Å². The number of urea groups is 1. The molecule has 2 atom stereocenters. The molecule has 2 aliphatic rings. The molecule has 0 radical (unpaired) electrons. The van der Waals surface area contributed by atoms with Crippen LogP contribution >= 0.6 is 0 Å². The summed E-state index contributed by atoms with van der Waals surface area (Å²) >= 11 is 0. The SMILES string of the molecule is CC1(C)CCC(NC(=O)N2CCOC(CC(=O)O)C2)C1. The Morgan fingerprint density at radius 2 is 2.20 bits per heavy atom. The first kappa shape index (κ1) is 15.1. The minimum absolute atomic E-state index is 0.0553. The first-order valence-corrected chi connectivity index (χ1v) is 7.24. The van der Waals surface area contributed by atoms with Gasteiger partial charge in [0.25, 0.3) is 0 Å². The summed E-state index contributed by atoms with van der Waals surface area (Å²) in [6, 6.07) is 0.143. The Kier molecular flexibility index (Phi) is 4.52. The normalized spacial score (nSPS) is 29.2. The van der Waals surface area contributed by atoms with Crippen molar-refractivity contribution in [3.63, 3.8) is 0 Å². The number of amides is 2. The fraction of sp³-hybridized carbons (Fsp3) is 0.857. The van der Waals surface area contributed by atoms with Crippen molar-refractivity contribution in [2.24, 2.45) is 5.41 Å². The van der Waals surface area contributed by atoms with Gasteiger partial charge in [0, 0.05) is 19.1 Å². The summed E-state index contributed by atoms with van der Waals surface area (Å²) in [5, 5.41) is 11.8. The highest BCUT2D eigenvalue weighted by molar-refractivity contribution is 5.75. The summed E-state index contributed by atoms with van der Waals surface area (Å²) in [6.45, 7) is 5.72. The van der Waals surface area contributed by atoms with Crippen LogP contribution in [0.5, 0.6) is 0 Å². The second-order valence-corrected chi connectivity index (χ2v) is 6.59. The van der Waals surface area contributed by atoms with Gasteiger partial charge in [-0.15, -0.1) is 0 Å². The summed E-state index contributed by atoms with van der Waals surface area (Å²) in [5.41, 5.74) is 0.300. The first-order chi connectivity index (χ1) is 9.35. The molecule has 1 aliphatic heterocycles. The zero-order valence-corrected chi connectivity index (χ0v) is 12.2. The van der Waals surface area contributed by atoms with Crippen LogP contribution in [0.15, 0.2) is 0 Å². The van der Waals surface area contributed by atoms with Crippen LogP contribution in [0, 0.1) is 5.41 Å². The predicted octanol–water partition coefficient (Wildman–Crippen LogP) is 1.45. The Morgan fingerprint density at radius 1 is 1.45 bits per heavy atom. The standard InChI is InChI=1S/C14H24N2O4/c1-14(2)4-3-10(8-14)15-13(19)16-5-6-20-11(9-16)7-12(17)18/h10-11H,3-9H2,1-2H3,(H,15,19)(H,17,18). The molecule has 0 aromatic heterocycles. The van der Waals surface area contributed by atoms with Crippen molar-refractivity contribution in [2.75, 3.05) is 19.7 Å². The molecule has 1 heterocycles. The van der Waals surface area contributed by atoms with E-state index in [1.807, 2.05) is 0 Å². The van der Waals surface area contributed by atoms with E-state index in [4.69, 9.17) is 9.84 Å². The third-order valence-electron chi connectivity index (χ3n) is 4.12. The van der Waals surface area contributed by atoms with E-state index < -0.39 is 12.1 Å². The minimum Gasteiger partial charge on any atom is -0.481 e. The van der Waals surface area contributed by atoms with Gasteiger partial charge in [-0.3, -0.25) is 4.79 Å². The largest absolute Gasteiger partial charge is 0.481 e. The second-order valence-electron chi connectivity index (χ2n) is 6.59. The lowest BCUT2D eigenvalue weighted by atomic mass is 9.92. The zero-order valence-electron chi connectivity index (χ0n) is 12.2. The van der Waals surface area contributed by atoms with Gasteiger partial charge in [0.15, 0.2) is 0 Å². The van der Waals surface area contributed by atoms with Crippen molar-refractivity contribution >= 4 is 12.0 Å². The maximum atomic E-state index is 12.2. The molecule has 6 heteroatoms. The van der Waals surface area contributed by atoms with Gasteiger partial charge in [-0.1, -0.05) is 13.8 Å². The van der Waals surface area contributed by atoms with Crippen LogP contribution in [0.4, 0.5) is 4.79 Å². The molecule has 0 aromatic rings. The van der Waals surface area contributed by atoms with Crippen molar-refractivity contribution < 1.29 is 19.4 Å². The van der Waals surface area contributed by atoms with E-state index in [-0.39, 0.29) is 18.5 Å². The molecule has 6 nitrogen and oxygen atoms in total. The number of ether oxygens (including phenoxy) is 1. The third kappa shape index (κ3) is 4.10. The van der Waals surface area contributed by atoms with Gasteiger partial charge in [-0.25, -0.2) is 4.79 Å². The number of carboxylic acid groups (broad SMARTS) is 1.